The second-order valence-corrected chi connectivity index (χ2v) is 2.74. The van der Waals surface area contributed by atoms with E-state index in [1.165, 1.54) is 13.1 Å². The number of nitrogens with one attached hydrogen (secondary N) is 1. The summed E-state index contributed by atoms with van der Waals surface area (Å²) in [5.74, 6) is -0.647. The Labute approximate surface area is 83.3 Å². The Morgan fingerprint density at radius 2 is 2.29 bits per heavy atom. The van der Waals surface area contributed by atoms with E-state index in [2.05, 4.69) is 11.9 Å². The van der Waals surface area contributed by atoms with Crippen molar-refractivity contribution in [3.05, 3.63) is 12.7 Å². The minimum absolute atomic E-state index is 0.142. The van der Waals surface area contributed by atoms with Crippen molar-refractivity contribution < 1.29 is 14.3 Å². The van der Waals surface area contributed by atoms with E-state index in [0.29, 0.717) is 0 Å². The van der Waals surface area contributed by atoms with Gasteiger partial charge in [0.1, 0.15) is 12.6 Å². The van der Waals surface area contributed by atoms with Gasteiger partial charge in [-0.1, -0.05) is 12.7 Å². The summed E-state index contributed by atoms with van der Waals surface area (Å²) in [6, 6.07) is -0.743. The van der Waals surface area contributed by atoms with E-state index in [-0.39, 0.29) is 25.4 Å². The maximum Gasteiger partial charge on any atom is 0.323 e. The molecule has 1 atom stereocenters. The highest BCUT2D eigenvalue weighted by Gasteiger charge is 2.15. The van der Waals surface area contributed by atoms with Gasteiger partial charge in [0.25, 0.3) is 0 Å². The average molecular weight is 200 g/mol. The molecule has 0 saturated heterocycles. The zero-order valence-electron chi connectivity index (χ0n) is 8.29. The molecule has 5 nitrogen and oxygen atoms in total. The van der Waals surface area contributed by atoms with E-state index in [0.717, 1.165) is 0 Å². The summed E-state index contributed by atoms with van der Waals surface area (Å²) in [4.78, 5) is 21.9. The molecular formula is C9H16N2O3. The quantitative estimate of drug-likeness (QED) is 0.450. The topological polar surface area (TPSA) is 81.4 Å². The first-order valence-corrected chi connectivity index (χ1v) is 4.35. The molecule has 0 spiro atoms. The van der Waals surface area contributed by atoms with Crippen molar-refractivity contribution in [3.63, 3.8) is 0 Å². The summed E-state index contributed by atoms with van der Waals surface area (Å²) in [6.45, 7) is 3.54. The molecule has 0 fully saturated rings. The second kappa shape index (κ2) is 7.08. The van der Waals surface area contributed by atoms with E-state index in [9.17, 15) is 9.59 Å². The Bertz CT molecular complexity index is 216. The smallest absolute Gasteiger partial charge is 0.323 e. The van der Waals surface area contributed by atoms with Crippen LogP contribution in [0.5, 0.6) is 0 Å². The van der Waals surface area contributed by atoms with Gasteiger partial charge >= 0.3 is 5.97 Å². The third-order valence-electron chi connectivity index (χ3n) is 1.61. The van der Waals surface area contributed by atoms with Crippen molar-refractivity contribution in [2.24, 2.45) is 5.73 Å². The summed E-state index contributed by atoms with van der Waals surface area (Å²) >= 11 is 0. The zero-order valence-corrected chi connectivity index (χ0v) is 8.29. The zero-order chi connectivity index (χ0) is 11.0. The number of carbonyl (C=O) groups excluding carboxylic acids is 2. The molecule has 3 N–H and O–H groups in total. The first-order valence-electron chi connectivity index (χ1n) is 4.35. The van der Waals surface area contributed by atoms with Gasteiger partial charge in [-0.05, 0) is 6.42 Å². The number of hydrogen-bond donors (Lipinski definition) is 2. The number of amides is 1. The molecule has 0 bridgehead atoms. The molecule has 0 aliphatic heterocycles. The van der Waals surface area contributed by atoms with Crippen LogP contribution in [0.3, 0.4) is 0 Å². The molecule has 0 aliphatic rings. The van der Waals surface area contributed by atoms with Gasteiger partial charge in [0.15, 0.2) is 0 Å². The fraction of sp³-hybridized carbons (Fsp3) is 0.556. The molecule has 0 saturated carbocycles. The van der Waals surface area contributed by atoms with Crippen LogP contribution in [0, 0.1) is 0 Å². The molecule has 0 aromatic rings. The molecule has 0 heterocycles. The summed E-state index contributed by atoms with van der Waals surface area (Å²) in [5, 5.41) is 2.44. The Kier molecular flexibility index (Phi) is 6.39. The molecule has 0 radical (unpaired) electrons. The molecule has 0 aromatic carbocycles. The highest BCUT2D eigenvalue weighted by Crippen LogP contribution is 1.97. The molecule has 0 aliphatic carbocycles. The van der Waals surface area contributed by atoms with Gasteiger partial charge in [-0.3, -0.25) is 9.59 Å². The molecule has 5 heteroatoms. The number of esters is 1. The second-order valence-electron chi connectivity index (χ2n) is 2.74. The number of hydrogen-bond acceptors (Lipinski definition) is 4. The molecule has 14 heavy (non-hydrogen) atoms. The van der Waals surface area contributed by atoms with Crippen LogP contribution in [0.15, 0.2) is 12.7 Å². The lowest BCUT2D eigenvalue weighted by Gasteiger charge is -2.09. The lowest BCUT2D eigenvalue weighted by molar-refractivity contribution is -0.144. The first kappa shape index (κ1) is 12.6. The normalized spacial score (nSPS) is 11.6. The Morgan fingerprint density at radius 1 is 1.64 bits per heavy atom. The third kappa shape index (κ3) is 5.31. The van der Waals surface area contributed by atoms with Crippen molar-refractivity contribution >= 4 is 11.9 Å². The van der Waals surface area contributed by atoms with E-state index in [4.69, 9.17) is 10.5 Å². The van der Waals surface area contributed by atoms with Crippen LogP contribution < -0.4 is 11.1 Å². The van der Waals surface area contributed by atoms with Crippen LogP contribution in [0.4, 0.5) is 0 Å². The van der Waals surface area contributed by atoms with Crippen LogP contribution in [0.25, 0.3) is 0 Å². The molecule has 1 unspecified atom stereocenters. The fourth-order valence-electron chi connectivity index (χ4n) is 0.778. The van der Waals surface area contributed by atoms with E-state index in [1.54, 1.807) is 0 Å². The van der Waals surface area contributed by atoms with Crippen LogP contribution in [-0.2, 0) is 14.3 Å². The average Bonchev–Trinajstić information content (AvgIpc) is 2.21. The largest absolute Gasteiger partial charge is 0.460 e. The van der Waals surface area contributed by atoms with E-state index >= 15 is 0 Å². The Hall–Kier alpha value is -1.36. The predicted molar refractivity (Wildman–Crippen MR) is 52.4 cm³/mol. The summed E-state index contributed by atoms with van der Waals surface area (Å²) < 4.78 is 4.71. The van der Waals surface area contributed by atoms with Crippen LogP contribution in [-0.4, -0.2) is 31.6 Å². The van der Waals surface area contributed by atoms with E-state index < -0.39 is 12.0 Å². The monoisotopic (exact) mass is 200 g/mol. The summed E-state index contributed by atoms with van der Waals surface area (Å²) in [7, 11) is 1.53. The van der Waals surface area contributed by atoms with Crippen LogP contribution >= 0.6 is 0 Å². The number of rotatable bonds is 6. The van der Waals surface area contributed by atoms with Crippen molar-refractivity contribution in [2.45, 2.75) is 18.9 Å². The van der Waals surface area contributed by atoms with Crippen molar-refractivity contribution in [1.29, 1.82) is 0 Å². The fourth-order valence-corrected chi connectivity index (χ4v) is 0.778. The highest BCUT2D eigenvalue weighted by molar-refractivity contribution is 5.79. The van der Waals surface area contributed by atoms with Gasteiger partial charge in [0.2, 0.25) is 5.91 Å². The van der Waals surface area contributed by atoms with Gasteiger partial charge in [-0.25, -0.2) is 0 Å². The lowest BCUT2D eigenvalue weighted by atomic mass is 10.1. The first-order chi connectivity index (χ1) is 6.61. The third-order valence-corrected chi connectivity index (χ3v) is 1.61. The van der Waals surface area contributed by atoms with Gasteiger partial charge in [-0.2, -0.15) is 0 Å². The van der Waals surface area contributed by atoms with E-state index in [1.807, 2.05) is 0 Å². The SMILES string of the molecule is C=CCOC(=O)C(N)CCC(=O)NC. The summed E-state index contributed by atoms with van der Waals surface area (Å²) in [6.07, 6.45) is 1.97. The van der Waals surface area contributed by atoms with Gasteiger partial charge in [-0.15, -0.1) is 0 Å². The van der Waals surface area contributed by atoms with Crippen molar-refractivity contribution in [2.75, 3.05) is 13.7 Å². The maximum atomic E-state index is 11.1. The lowest BCUT2D eigenvalue weighted by Crippen LogP contribution is -2.33. The molecule has 0 rings (SSSR count). The summed E-state index contributed by atoms with van der Waals surface area (Å²) in [5.41, 5.74) is 5.47. The van der Waals surface area contributed by atoms with Crippen molar-refractivity contribution in [3.8, 4) is 0 Å². The Balaban J connectivity index is 3.71. The standard InChI is InChI=1S/C9H16N2O3/c1-3-6-14-9(13)7(10)4-5-8(12)11-2/h3,7H,1,4-6,10H2,2H3,(H,11,12). The molecular weight excluding hydrogens is 184 g/mol. The molecule has 80 valence electrons. The van der Waals surface area contributed by atoms with Gasteiger partial charge in [0.05, 0.1) is 0 Å². The minimum atomic E-state index is -0.743. The molecule has 0 aromatic heterocycles. The van der Waals surface area contributed by atoms with Gasteiger partial charge in [0, 0.05) is 13.5 Å². The highest BCUT2D eigenvalue weighted by atomic mass is 16.5. The predicted octanol–water partition coefficient (Wildman–Crippen LogP) is -0.431. The number of carbonyl (C=O) groups is 2. The molecule has 1 amide bonds. The maximum absolute atomic E-state index is 11.1. The minimum Gasteiger partial charge on any atom is -0.460 e. The Morgan fingerprint density at radius 3 is 2.79 bits per heavy atom. The van der Waals surface area contributed by atoms with Crippen molar-refractivity contribution in [1.82, 2.24) is 5.32 Å². The number of nitrogens with two attached hydrogens (primary N) is 1. The van der Waals surface area contributed by atoms with Crippen LogP contribution in [0.2, 0.25) is 0 Å². The van der Waals surface area contributed by atoms with Crippen LogP contribution in [0.1, 0.15) is 12.8 Å². The van der Waals surface area contributed by atoms with Gasteiger partial charge < -0.3 is 15.8 Å². The number of ether oxygens (including phenoxy) is 1.